The lowest BCUT2D eigenvalue weighted by molar-refractivity contribution is 0.284. The van der Waals surface area contributed by atoms with E-state index < -0.39 is 0 Å². The maximum absolute atomic E-state index is 11.9. The molecular weight excluding hydrogens is 334 g/mol. The van der Waals surface area contributed by atoms with Gasteiger partial charge in [-0.1, -0.05) is 0 Å². The first kappa shape index (κ1) is 18.2. The number of nitrogens with zero attached hydrogens (tertiary/aromatic N) is 5. The van der Waals surface area contributed by atoms with Crippen molar-refractivity contribution in [2.24, 2.45) is 0 Å². The molecule has 1 fully saturated rings. The Kier molecular flexibility index (Phi) is 5.41. The van der Waals surface area contributed by atoms with Gasteiger partial charge in [0.05, 0.1) is 13.7 Å². The molecule has 3 rings (SSSR count). The van der Waals surface area contributed by atoms with Gasteiger partial charge in [0, 0.05) is 52.4 Å². The molecule has 2 aromatic rings. The average molecular weight is 359 g/mol. The molecule has 8 heteroatoms. The molecule has 3 heterocycles. The summed E-state index contributed by atoms with van der Waals surface area (Å²) in [4.78, 5) is 27.0. The van der Waals surface area contributed by atoms with Crippen LogP contribution in [0.4, 0.5) is 11.6 Å². The monoisotopic (exact) mass is 359 g/mol. The van der Waals surface area contributed by atoms with Gasteiger partial charge in [-0.2, -0.15) is 0 Å². The Balaban J connectivity index is 1.64. The first-order valence-electron chi connectivity index (χ1n) is 8.58. The second kappa shape index (κ2) is 7.74. The number of ether oxygens (including phenoxy) is 1. The van der Waals surface area contributed by atoms with Crippen LogP contribution in [0.1, 0.15) is 12.2 Å². The smallest absolute Gasteiger partial charge is 0.227 e. The summed E-state index contributed by atoms with van der Waals surface area (Å²) >= 11 is 0. The van der Waals surface area contributed by atoms with E-state index >= 15 is 0 Å². The van der Waals surface area contributed by atoms with E-state index in [4.69, 9.17) is 9.15 Å². The Hall–Kier alpha value is -2.61. The van der Waals surface area contributed by atoms with Crippen molar-refractivity contribution in [1.29, 1.82) is 0 Å². The molecule has 2 aromatic heterocycles. The van der Waals surface area contributed by atoms with Gasteiger partial charge in [0.1, 0.15) is 30.0 Å². The standard InChI is InChI=1S/C18H25N5O3/c1-21(2)17-8-18(20-12-19-17)22(3)13-5-6-23(9-13)10-14-7-15(24)16(25-4)11-26-14/h7-8,11-13H,5-6,9-10H2,1-4H3. The van der Waals surface area contributed by atoms with E-state index in [1.165, 1.54) is 19.4 Å². The average Bonchev–Trinajstić information content (AvgIpc) is 3.10. The van der Waals surface area contributed by atoms with Crippen LogP contribution in [0.2, 0.25) is 0 Å². The summed E-state index contributed by atoms with van der Waals surface area (Å²) in [6.07, 6.45) is 4.00. The lowest BCUT2D eigenvalue weighted by Gasteiger charge is -2.26. The number of hydrogen-bond donors (Lipinski definition) is 0. The van der Waals surface area contributed by atoms with E-state index in [1.54, 1.807) is 6.33 Å². The molecule has 140 valence electrons. The molecule has 1 aliphatic rings. The van der Waals surface area contributed by atoms with Crippen LogP contribution in [0.15, 0.2) is 33.9 Å². The van der Waals surface area contributed by atoms with E-state index in [2.05, 4.69) is 26.8 Å². The van der Waals surface area contributed by atoms with E-state index in [0.717, 1.165) is 31.1 Å². The normalized spacial score (nSPS) is 17.3. The van der Waals surface area contributed by atoms with Crippen LogP contribution >= 0.6 is 0 Å². The number of rotatable bonds is 6. The summed E-state index contributed by atoms with van der Waals surface area (Å²) in [5, 5.41) is 0. The van der Waals surface area contributed by atoms with Crippen molar-refractivity contribution in [3.05, 3.63) is 40.7 Å². The summed E-state index contributed by atoms with van der Waals surface area (Å²) < 4.78 is 10.5. The SMILES string of the molecule is COc1coc(CN2CCC(N(C)c3cc(N(C)C)ncn3)C2)cc1=O. The minimum absolute atomic E-state index is 0.154. The largest absolute Gasteiger partial charge is 0.490 e. The van der Waals surface area contributed by atoms with E-state index in [0.29, 0.717) is 18.3 Å². The summed E-state index contributed by atoms with van der Waals surface area (Å²) in [6.45, 7) is 2.43. The molecule has 0 aliphatic carbocycles. The van der Waals surface area contributed by atoms with Gasteiger partial charge in [0.15, 0.2) is 0 Å². The molecule has 0 N–H and O–H groups in total. The van der Waals surface area contributed by atoms with Crippen LogP contribution in [0, 0.1) is 0 Å². The van der Waals surface area contributed by atoms with Crippen LogP contribution in [-0.4, -0.2) is 62.3 Å². The highest BCUT2D eigenvalue weighted by molar-refractivity contribution is 5.49. The van der Waals surface area contributed by atoms with Gasteiger partial charge in [-0.15, -0.1) is 0 Å². The van der Waals surface area contributed by atoms with E-state index in [-0.39, 0.29) is 11.2 Å². The van der Waals surface area contributed by atoms with Crippen molar-refractivity contribution in [1.82, 2.24) is 14.9 Å². The van der Waals surface area contributed by atoms with Gasteiger partial charge >= 0.3 is 0 Å². The summed E-state index contributed by atoms with van der Waals surface area (Å²) in [7, 11) is 7.45. The fourth-order valence-electron chi connectivity index (χ4n) is 3.12. The highest BCUT2D eigenvalue weighted by Gasteiger charge is 2.27. The fourth-order valence-corrected chi connectivity index (χ4v) is 3.12. The molecule has 26 heavy (non-hydrogen) atoms. The molecule has 1 atom stereocenters. The molecule has 0 aromatic carbocycles. The zero-order valence-corrected chi connectivity index (χ0v) is 15.7. The Labute approximate surface area is 153 Å². The van der Waals surface area contributed by atoms with Crippen molar-refractivity contribution >= 4 is 11.6 Å². The maximum Gasteiger partial charge on any atom is 0.227 e. The van der Waals surface area contributed by atoms with Gasteiger partial charge in [0.25, 0.3) is 0 Å². The first-order valence-corrected chi connectivity index (χ1v) is 8.58. The third kappa shape index (κ3) is 3.96. The predicted octanol–water partition coefficient (Wildman–Crippen LogP) is 1.22. The zero-order chi connectivity index (χ0) is 18.7. The fraction of sp³-hybridized carbons (Fsp3) is 0.500. The molecule has 0 spiro atoms. The number of likely N-dealkylation sites (tertiary alicyclic amines) is 1. The molecule has 0 amide bonds. The van der Waals surface area contributed by atoms with Crippen molar-refractivity contribution in [2.75, 3.05) is 51.1 Å². The summed E-state index contributed by atoms with van der Waals surface area (Å²) in [5.41, 5.74) is -0.154. The van der Waals surface area contributed by atoms with Crippen molar-refractivity contribution in [3.8, 4) is 5.75 Å². The van der Waals surface area contributed by atoms with Crippen molar-refractivity contribution in [3.63, 3.8) is 0 Å². The molecule has 0 saturated carbocycles. The molecule has 0 bridgehead atoms. The highest BCUT2D eigenvalue weighted by Crippen LogP contribution is 2.23. The second-order valence-electron chi connectivity index (χ2n) is 6.70. The number of aromatic nitrogens is 2. The van der Waals surface area contributed by atoms with Crippen LogP contribution in [-0.2, 0) is 6.54 Å². The molecule has 1 saturated heterocycles. The van der Waals surface area contributed by atoms with Gasteiger partial charge in [-0.05, 0) is 6.42 Å². The van der Waals surface area contributed by atoms with Crippen LogP contribution in [0.5, 0.6) is 5.75 Å². The van der Waals surface area contributed by atoms with Gasteiger partial charge in [0.2, 0.25) is 11.2 Å². The third-order valence-corrected chi connectivity index (χ3v) is 4.70. The molecular formula is C18H25N5O3. The van der Waals surface area contributed by atoms with E-state index in [9.17, 15) is 4.79 Å². The quantitative estimate of drug-likeness (QED) is 0.762. The zero-order valence-electron chi connectivity index (χ0n) is 15.7. The van der Waals surface area contributed by atoms with Crippen LogP contribution in [0.25, 0.3) is 0 Å². The summed E-state index contributed by atoms with van der Waals surface area (Å²) in [5.74, 6) is 2.67. The minimum Gasteiger partial charge on any atom is -0.490 e. The number of likely N-dealkylation sites (N-methyl/N-ethyl adjacent to an activating group) is 1. The van der Waals surface area contributed by atoms with Gasteiger partial charge < -0.3 is 19.0 Å². The van der Waals surface area contributed by atoms with Crippen LogP contribution in [0.3, 0.4) is 0 Å². The minimum atomic E-state index is -0.154. The molecule has 1 aliphatic heterocycles. The van der Waals surface area contributed by atoms with Gasteiger partial charge in [-0.3, -0.25) is 9.69 Å². The van der Waals surface area contributed by atoms with Gasteiger partial charge in [-0.25, -0.2) is 9.97 Å². The number of hydrogen-bond acceptors (Lipinski definition) is 8. The topological polar surface area (TPSA) is 74.9 Å². The Morgan fingerprint density at radius 2 is 2.04 bits per heavy atom. The van der Waals surface area contributed by atoms with Crippen LogP contribution < -0.4 is 20.0 Å². The maximum atomic E-state index is 11.9. The first-order chi connectivity index (χ1) is 12.5. The Morgan fingerprint density at radius 3 is 2.73 bits per heavy atom. The predicted molar refractivity (Wildman–Crippen MR) is 100.0 cm³/mol. The lowest BCUT2D eigenvalue weighted by atomic mass is 10.2. The highest BCUT2D eigenvalue weighted by atomic mass is 16.5. The van der Waals surface area contributed by atoms with Crippen molar-refractivity contribution < 1.29 is 9.15 Å². The Morgan fingerprint density at radius 1 is 1.27 bits per heavy atom. The van der Waals surface area contributed by atoms with Crippen molar-refractivity contribution in [2.45, 2.75) is 19.0 Å². The number of anilines is 2. The second-order valence-corrected chi connectivity index (χ2v) is 6.70. The molecule has 8 nitrogen and oxygen atoms in total. The van der Waals surface area contributed by atoms with E-state index in [1.807, 2.05) is 25.1 Å². The number of methoxy groups -OCH3 is 1. The molecule has 1 unspecified atom stereocenters. The third-order valence-electron chi connectivity index (χ3n) is 4.70. The molecule has 0 radical (unpaired) electrons. The lowest BCUT2D eigenvalue weighted by Crippen LogP contribution is -2.35. The summed E-state index contributed by atoms with van der Waals surface area (Å²) in [6, 6.07) is 3.85. The Bertz CT molecular complexity index is 807.